The molecule has 112 valence electrons. The van der Waals surface area contributed by atoms with Crippen LogP contribution in [0.4, 0.5) is 0 Å². The highest BCUT2D eigenvalue weighted by Gasteiger charge is 2.55. The third kappa shape index (κ3) is 2.33. The summed E-state index contributed by atoms with van der Waals surface area (Å²) in [5.41, 5.74) is -0.136. The van der Waals surface area contributed by atoms with Gasteiger partial charge in [-0.15, -0.1) is 0 Å². The van der Waals surface area contributed by atoms with Crippen LogP contribution in [0.2, 0.25) is 0 Å². The van der Waals surface area contributed by atoms with E-state index in [0.29, 0.717) is 13.1 Å². The van der Waals surface area contributed by atoms with Crippen molar-refractivity contribution in [2.24, 2.45) is 23.2 Å². The van der Waals surface area contributed by atoms with Gasteiger partial charge in [-0.2, -0.15) is 0 Å². The second-order valence-corrected chi connectivity index (χ2v) is 7.23. The maximum Gasteiger partial charge on any atom is 0.305 e. The Hall–Kier alpha value is -1.06. The number of carboxylic acids is 1. The second-order valence-electron chi connectivity index (χ2n) is 7.23. The lowest BCUT2D eigenvalue weighted by atomic mass is 9.49. The van der Waals surface area contributed by atoms with Crippen molar-refractivity contribution in [3.05, 3.63) is 0 Å². The Bertz CT molecular complexity index is 383. The number of nitrogens with zero attached hydrogens (tertiary/aromatic N) is 1. The van der Waals surface area contributed by atoms with Gasteiger partial charge in [-0.3, -0.25) is 9.59 Å². The van der Waals surface area contributed by atoms with Crippen molar-refractivity contribution in [3.8, 4) is 0 Å². The van der Waals surface area contributed by atoms with E-state index in [1.807, 2.05) is 6.92 Å². The normalized spacial score (nSPS) is 38.0. The fourth-order valence-electron chi connectivity index (χ4n) is 5.34. The van der Waals surface area contributed by atoms with Crippen molar-refractivity contribution in [2.75, 3.05) is 13.1 Å². The first-order valence-electron chi connectivity index (χ1n) is 8.03. The highest BCUT2D eigenvalue weighted by molar-refractivity contribution is 5.83. The van der Waals surface area contributed by atoms with E-state index in [1.165, 1.54) is 19.3 Å². The summed E-state index contributed by atoms with van der Waals surface area (Å²) in [4.78, 5) is 25.5. The molecule has 0 unspecified atom stereocenters. The number of carbonyl (C=O) groups excluding carboxylic acids is 1. The van der Waals surface area contributed by atoms with Crippen LogP contribution >= 0.6 is 0 Å². The van der Waals surface area contributed by atoms with Gasteiger partial charge in [0.1, 0.15) is 0 Å². The Kier molecular flexibility index (Phi) is 3.51. The molecule has 4 heteroatoms. The minimum Gasteiger partial charge on any atom is -0.481 e. The molecule has 4 bridgehead atoms. The van der Waals surface area contributed by atoms with Gasteiger partial charge >= 0.3 is 5.97 Å². The van der Waals surface area contributed by atoms with Crippen molar-refractivity contribution in [2.45, 2.75) is 51.9 Å². The summed E-state index contributed by atoms with van der Waals surface area (Å²) in [7, 11) is 0. The molecule has 0 saturated heterocycles. The number of amides is 1. The van der Waals surface area contributed by atoms with Crippen molar-refractivity contribution in [3.63, 3.8) is 0 Å². The van der Waals surface area contributed by atoms with Gasteiger partial charge in [0.05, 0.1) is 11.8 Å². The van der Waals surface area contributed by atoms with Crippen molar-refractivity contribution >= 4 is 11.9 Å². The van der Waals surface area contributed by atoms with Gasteiger partial charge in [-0.25, -0.2) is 0 Å². The van der Waals surface area contributed by atoms with Gasteiger partial charge in [0.15, 0.2) is 0 Å². The third-order valence-corrected chi connectivity index (χ3v) is 5.76. The quantitative estimate of drug-likeness (QED) is 0.841. The first kappa shape index (κ1) is 13.9. The van der Waals surface area contributed by atoms with Gasteiger partial charge in [0.25, 0.3) is 0 Å². The van der Waals surface area contributed by atoms with E-state index in [4.69, 9.17) is 5.11 Å². The lowest BCUT2D eigenvalue weighted by Gasteiger charge is -2.56. The van der Waals surface area contributed by atoms with E-state index in [9.17, 15) is 9.59 Å². The van der Waals surface area contributed by atoms with E-state index < -0.39 is 5.97 Å². The fraction of sp³-hybridized carbons (Fsp3) is 0.875. The summed E-state index contributed by atoms with van der Waals surface area (Å²) >= 11 is 0. The Labute approximate surface area is 120 Å². The molecule has 4 rings (SSSR count). The molecule has 0 atom stereocenters. The maximum absolute atomic E-state index is 13.0. The molecular formula is C16H25NO3. The number of carbonyl (C=O) groups is 2. The zero-order valence-corrected chi connectivity index (χ0v) is 12.3. The summed E-state index contributed by atoms with van der Waals surface area (Å²) in [6, 6.07) is 0. The Morgan fingerprint density at radius 3 is 2.00 bits per heavy atom. The topological polar surface area (TPSA) is 57.6 Å². The van der Waals surface area contributed by atoms with E-state index in [1.54, 1.807) is 4.90 Å². The molecule has 0 aromatic rings. The van der Waals surface area contributed by atoms with E-state index in [2.05, 4.69) is 0 Å². The van der Waals surface area contributed by atoms with E-state index in [0.717, 1.165) is 37.0 Å². The molecule has 0 aromatic carbocycles. The van der Waals surface area contributed by atoms with Crippen LogP contribution in [-0.2, 0) is 9.59 Å². The van der Waals surface area contributed by atoms with Gasteiger partial charge in [-0.05, 0) is 63.2 Å². The van der Waals surface area contributed by atoms with Crippen LogP contribution in [0.1, 0.15) is 51.9 Å². The maximum atomic E-state index is 13.0. The predicted octanol–water partition coefficient (Wildman–Crippen LogP) is 2.53. The SMILES string of the molecule is CCN(CCC(=O)O)C(=O)C12CC3CC(CC(C3)C1)C2. The lowest BCUT2D eigenvalue weighted by molar-refractivity contribution is -0.158. The van der Waals surface area contributed by atoms with Crippen LogP contribution in [0.15, 0.2) is 0 Å². The molecule has 0 spiro atoms. The predicted molar refractivity (Wildman–Crippen MR) is 75.1 cm³/mol. The first-order valence-corrected chi connectivity index (χ1v) is 8.03. The number of hydrogen-bond donors (Lipinski definition) is 1. The Balaban J connectivity index is 1.73. The van der Waals surface area contributed by atoms with E-state index in [-0.39, 0.29) is 17.7 Å². The average Bonchev–Trinajstić information content (AvgIpc) is 2.37. The van der Waals surface area contributed by atoms with Gasteiger partial charge < -0.3 is 10.0 Å². The summed E-state index contributed by atoms with van der Waals surface area (Å²) in [6.07, 6.45) is 7.21. The molecule has 4 aliphatic rings. The Morgan fingerprint density at radius 2 is 1.60 bits per heavy atom. The average molecular weight is 279 g/mol. The summed E-state index contributed by atoms with van der Waals surface area (Å²) < 4.78 is 0. The van der Waals surface area contributed by atoms with Crippen LogP contribution < -0.4 is 0 Å². The molecule has 4 aliphatic carbocycles. The van der Waals surface area contributed by atoms with Crippen molar-refractivity contribution in [1.82, 2.24) is 4.90 Å². The minimum absolute atomic E-state index is 0.0615. The third-order valence-electron chi connectivity index (χ3n) is 5.76. The molecule has 20 heavy (non-hydrogen) atoms. The molecular weight excluding hydrogens is 254 g/mol. The summed E-state index contributed by atoms with van der Waals surface area (Å²) in [6.45, 7) is 2.96. The zero-order valence-electron chi connectivity index (χ0n) is 12.3. The molecule has 4 fully saturated rings. The highest BCUT2D eigenvalue weighted by atomic mass is 16.4. The molecule has 4 saturated carbocycles. The van der Waals surface area contributed by atoms with Gasteiger partial charge in [0.2, 0.25) is 5.91 Å². The van der Waals surface area contributed by atoms with Crippen molar-refractivity contribution < 1.29 is 14.7 Å². The monoisotopic (exact) mass is 279 g/mol. The standard InChI is InChI=1S/C16H25NO3/c1-2-17(4-3-14(18)19)15(20)16-8-11-5-12(9-16)7-13(6-11)10-16/h11-13H,2-10H2,1H3,(H,18,19). The highest BCUT2D eigenvalue weighted by Crippen LogP contribution is 2.60. The minimum atomic E-state index is -0.818. The smallest absolute Gasteiger partial charge is 0.305 e. The molecule has 0 aromatic heterocycles. The number of hydrogen-bond acceptors (Lipinski definition) is 2. The molecule has 4 nitrogen and oxygen atoms in total. The molecule has 1 N–H and O–H groups in total. The van der Waals surface area contributed by atoms with Crippen molar-refractivity contribution in [1.29, 1.82) is 0 Å². The van der Waals surface area contributed by atoms with Crippen LogP contribution in [0, 0.1) is 23.2 Å². The fourth-order valence-corrected chi connectivity index (χ4v) is 5.34. The summed E-state index contributed by atoms with van der Waals surface area (Å²) in [5.74, 6) is 1.69. The molecule has 0 radical (unpaired) electrons. The Morgan fingerprint density at radius 1 is 1.10 bits per heavy atom. The van der Waals surface area contributed by atoms with Gasteiger partial charge in [-0.1, -0.05) is 0 Å². The number of carboxylic acid groups (broad SMARTS) is 1. The summed E-state index contributed by atoms with van der Waals surface area (Å²) in [5, 5.41) is 8.84. The largest absolute Gasteiger partial charge is 0.481 e. The second kappa shape index (κ2) is 5.05. The van der Waals surface area contributed by atoms with Gasteiger partial charge in [0, 0.05) is 13.1 Å². The number of aliphatic carboxylic acids is 1. The van der Waals surface area contributed by atoms with Crippen LogP contribution in [0.25, 0.3) is 0 Å². The molecule has 0 aliphatic heterocycles. The van der Waals surface area contributed by atoms with E-state index >= 15 is 0 Å². The van der Waals surface area contributed by atoms with Crippen LogP contribution in [-0.4, -0.2) is 35.0 Å². The zero-order chi connectivity index (χ0) is 14.3. The van der Waals surface area contributed by atoms with Crippen LogP contribution in [0.5, 0.6) is 0 Å². The lowest BCUT2D eigenvalue weighted by Crippen LogP contribution is -2.54. The van der Waals surface area contributed by atoms with Crippen LogP contribution in [0.3, 0.4) is 0 Å². The number of rotatable bonds is 5. The molecule has 0 heterocycles. The first-order chi connectivity index (χ1) is 9.52. The molecule has 1 amide bonds.